The molecule has 0 amide bonds. The summed E-state index contributed by atoms with van der Waals surface area (Å²) < 4.78 is 0. The van der Waals surface area contributed by atoms with E-state index in [9.17, 15) is 0 Å². The minimum atomic E-state index is 0.362. The largest absolute Gasteiger partial charge is 0.345 e. The molecular weight excluding hydrogens is 244 g/mol. The number of piperidine rings is 1. The molecule has 1 aromatic carbocycles. The number of rotatable bonds is 4. The molecule has 1 aromatic rings. The molecule has 1 atom stereocenters. The first kappa shape index (κ1) is 13.9. The SMILES string of the molecule is CN(C)[C@@]1(CCc2cccc(Cl)c2)CCC[NH2+]C1. The van der Waals surface area contributed by atoms with Crippen molar-refractivity contribution in [2.24, 2.45) is 0 Å². The molecule has 2 N–H and O–H groups in total. The normalized spacial score (nSPS) is 24.4. The number of nitrogens with zero attached hydrogens (tertiary/aromatic N) is 1. The second kappa shape index (κ2) is 6.05. The molecule has 18 heavy (non-hydrogen) atoms. The van der Waals surface area contributed by atoms with Gasteiger partial charge in [0.05, 0.1) is 18.6 Å². The molecule has 1 fully saturated rings. The second-order valence-electron chi connectivity index (χ2n) is 5.63. The quantitative estimate of drug-likeness (QED) is 0.884. The van der Waals surface area contributed by atoms with E-state index in [2.05, 4.69) is 36.4 Å². The lowest BCUT2D eigenvalue weighted by Crippen LogP contribution is -2.91. The summed E-state index contributed by atoms with van der Waals surface area (Å²) in [5.74, 6) is 0. The minimum Gasteiger partial charge on any atom is -0.345 e. The number of likely N-dealkylation sites (N-methyl/N-ethyl adjacent to an activating group) is 1. The Morgan fingerprint density at radius 1 is 1.39 bits per heavy atom. The van der Waals surface area contributed by atoms with Gasteiger partial charge in [0, 0.05) is 5.02 Å². The zero-order valence-electron chi connectivity index (χ0n) is 11.5. The summed E-state index contributed by atoms with van der Waals surface area (Å²) in [5, 5.41) is 3.31. The van der Waals surface area contributed by atoms with Gasteiger partial charge in [-0.2, -0.15) is 0 Å². The number of aryl methyl sites for hydroxylation is 1. The molecule has 0 radical (unpaired) electrons. The van der Waals surface area contributed by atoms with Crippen LogP contribution in [-0.4, -0.2) is 37.6 Å². The van der Waals surface area contributed by atoms with Crippen molar-refractivity contribution in [1.29, 1.82) is 0 Å². The van der Waals surface area contributed by atoms with Gasteiger partial charge in [0.25, 0.3) is 0 Å². The predicted octanol–water partition coefficient (Wildman–Crippen LogP) is 1.93. The molecule has 1 saturated heterocycles. The van der Waals surface area contributed by atoms with Crippen LogP contribution in [0.15, 0.2) is 24.3 Å². The first-order valence-electron chi connectivity index (χ1n) is 6.86. The molecule has 0 aliphatic carbocycles. The van der Waals surface area contributed by atoms with Gasteiger partial charge >= 0.3 is 0 Å². The zero-order chi connectivity index (χ0) is 13.0. The summed E-state index contributed by atoms with van der Waals surface area (Å²) in [7, 11) is 4.44. The molecule has 0 bridgehead atoms. The molecule has 1 heterocycles. The number of hydrogen-bond acceptors (Lipinski definition) is 1. The van der Waals surface area contributed by atoms with E-state index in [1.807, 2.05) is 12.1 Å². The van der Waals surface area contributed by atoms with Gasteiger partial charge in [-0.05, 0) is 57.5 Å². The highest BCUT2D eigenvalue weighted by atomic mass is 35.5. The Bertz CT molecular complexity index is 384. The number of nitrogens with two attached hydrogens (primary N) is 1. The van der Waals surface area contributed by atoms with Crippen molar-refractivity contribution in [3.05, 3.63) is 34.9 Å². The van der Waals surface area contributed by atoms with Gasteiger partial charge in [-0.1, -0.05) is 23.7 Å². The van der Waals surface area contributed by atoms with E-state index in [1.165, 1.54) is 37.9 Å². The van der Waals surface area contributed by atoms with E-state index in [0.29, 0.717) is 5.54 Å². The summed E-state index contributed by atoms with van der Waals surface area (Å²) in [4.78, 5) is 2.42. The summed E-state index contributed by atoms with van der Waals surface area (Å²) in [5.41, 5.74) is 1.72. The van der Waals surface area contributed by atoms with Crippen LogP contribution in [-0.2, 0) is 6.42 Å². The van der Waals surface area contributed by atoms with Crippen LogP contribution in [0.4, 0.5) is 0 Å². The Morgan fingerprint density at radius 3 is 2.83 bits per heavy atom. The van der Waals surface area contributed by atoms with Gasteiger partial charge in [-0.3, -0.25) is 4.90 Å². The van der Waals surface area contributed by atoms with E-state index < -0.39 is 0 Å². The zero-order valence-corrected chi connectivity index (χ0v) is 12.2. The van der Waals surface area contributed by atoms with Gasteiger partial charge in [0.1, 0.15) is 0 Å². The number of quaternary nitrogens is 1. The molecule has 0 aromatic heterocycles. The summed E-state index contributed by atoms with van der Waals surface area (Å²) >= 11 is 6.05. The lowest BCUT2D eigenvalue weighted by molar-refractivity contribution is -0.673. The standard InChI is InChI=1S/C15H23ClN2/c1-18(2)15(8-4-10-17-12-15)9-7-13-5-3-6-14(16)11-13/h3,5-6,11,17H,4,7-10,12H2,1-2H3/p+1/t15-/m1/s1. The molecular formula is C15H24ClN2+. The Balaban J connectivity index is 2.01. The maximum atomic E-state index is 6.05. The Hall–Kier alpha value is -0.570. The van der Waals surface area contributed by atoms with Crippen LogP contribution < -0.4 is 5.32 Å². The van der Waals surface area contributed by atoms with E-state index in [4.69, 9.17) is 11.6 Å². The van der Waals surface area contributed by atoms with E-state index in [1.54, 1.807) is 0 Å². The van der Waals surface area contributed by atoms with Gasteiger partial charge in [-0.25, -0.2) is 0 Å². The second-order valence-corrected chi connectivity index (χ2v) is 6.07. The smallest absolute Gasteiger partial charge is 0.0942 e. The monoisotopic (exact) mass is 267 g/mol. The van der Waals surface area contributed by atoms with E-state index in [-0.39, 0.29) is 0 Å². The van der Waals surface area contributed by atoms with Gasteiger partial charge < -0.3 is 5.32 Å². The Morgan fingerprint density at radius 2 is 2.22 bits per heavy atom. The molecule has 100 valence electrons. The van der Waals surface area contributed by atoms with Gasteiger partial charge in [0.15, 0.2) is 0 Å². The summed E-state index contributed by atoms with van der Waals surface area (Å²) in [6.07, 6.45) is 4.98. The van der Waals surface area contributed by atoms with Gasteiger partial charge in [-0.15, -0.1) is 0 Å². The van der Waals surface area contributed by atoms with E-state index in [0.717, 1.165) is 11.4 Å². The summed E-state index contributed by atoms with van der Waals surface area (Å²) in [6.45, 7) is 2.51. The third kappa shape index (κ3) is 3.25. The van der Waals surface area contributed by atoms with Crippen LogP contribution in [0, 0.1) is 0 Å². The topological polar surface area (TPSA) is 19.9 Å². The van der Waals surface area contributed by atoms with Crippen molar-refractivity contribution in [2.75, 3.05) is 27.2 Å². The van der Waals surface area contributed by atoms with Crippen LogP contribution in [0.1, 0.15) is 24.8 Å². The van der Waals surface area contributed by atoms with Crippen LogP contribution in [0.5, 0.6) is 0 Å². The molecule has 1 aliphatic rings. The highest BCUT2D eigenvalue weighted by Gasteiger charge is 2.36. The third-order valence-electron chi connectivity index (χ3n) is 4.29. The first-order valence-corrected chi connectivity index (χ1v) is 7.24. The number of halogens is 1. The minimum absolute atomic E-state index is 0.362. The average molecular weight is 268 g/mol. The Labute approximate surface area is 115 Å². The Kier molecular flexibility index (Phi) is 4.66. The fourth-order valence-electron chi connectivity index (χ4n) is 2.97. The third-order valence-corrected chi connectivity index (χ3v) is 4.53. The van der Waals surface area contributed by atoms with Crippen molar-refractivity contribution >= 4 is 11.6 Å². The maximum Gasteiger partial charge on any atom is 0.0942 e. The van der Waals surface area contributed by atoms with Crippen LogP contribution in [0.3, 0.4) is 0 Å². The van der Waals surface area contributed by atoms with Crippen LogP contribution in [0.2, 0.25) is 5.02 Å². The molecule has 0 unspecified atom stereocenters. The van der Waals surface area contributed by atoms with Gasteiger partial charge in [0.2, 0.25) is 0 Å². The van der Waals surface area contributed by atoms with Crippen molar-refractivity contribution in [3.8, 4) is 0 Å². The fraction of sp³-hybridized carbons (Fsp3) is 0.600. The molecule has 2 rings (SSSR count). The lowest BCUT2D eigenvalue weighted by Gasteiger charge is -2.41. The molecule has 0 saturated carbocycles. The highest BCUT2D eigenvalue weighted by molar-refractivity contribution is 6.30. The fourth-order valence-corrected chi connectivity index (χ4v) is 3.19. The van der Waals surface area contributed by atoms with Crippen molar-refractivity contribution in [1.82, 2.24) is 4.90 Å². The number of hydrogen-bond donors (Lipinski definition) is 1. The predicted molar refractivity (Wildman–Crippen MR) is 77.1 cm³/mol. The molecule has 3 heteroatoms. The summed E-state index contributed by atoms with van der Waals surface area (Å²) in [6, 6.07) is 8.27. The van der Waals surface area contributed by atoms with E-state index >= 15 is 0 Å². The highest BCUT2D eigenvalue weighted by Crippen LogP contribution is 2.26. The lowest BCUT2D eigenvalue weighted by atomic mass is 9.83. The van der Waals surface area contributed by atoms with Crippen molar-refractivity contribution in [3.63, 3.8) is 0 Å². The van der Waals surface area contributed by atoms with Crippen LogP contribution >= 0.6 is 11.6 Å². The average Bonchev–Trinajstić information content (AvgIpc) is 2.37. The number of benzene rings is 1. The van der Waals surface area contributed by atoms with Crippen molar-refractivity contribution in [2.45, 2.75) is 31.2 Å². The molecule has 0 spiro atoms. The molecule has 2 nitrogen and oxygen atoms in total. The molecule has 1 aliphatic heterocycles. The first-order chi connectivity index (χ1) is 8.62. The maximum absolute atomic E-state index is 6.05. The van der Waals surface area contributed by atoms with Crippen LogP contribution in [0.25, 0.3) is 0 Å². The van der Waals surface area contributed by atoms with Crippen molar-refractivity contribution < 1.29 is 5.32 Å².